The van der Waals surface area contributed by atoms with E-state index in [0.717, 1.165) is 36.7 Å². The van der Waals surface area contributed by atoms with Crippen LogP contribution >= 0.6 is 11.8 Å². The smallest absolute Gasteiger partial charge is 0.303 e. The van der Waals surface area contributed by atoms with Crippen LogP contribution in [0.15, 0.2) is 0 Å². The summed E-state index contributed by atoms with van der Waals surface area (Å²) in [5.74, 6) is 1.73. The van der Waals surface area contributed by atoms with Crippen LogP contribution in [0.4, 0.5) is 0 Å². The van der Waals surface area contributed by atoms with Gasteiger partial charge < -0.3 is 10.2 Å². The number of aliphatic hydroxyl groups excluding tert-OH is 1. The number of thioether (sulfide) groups is 1. The van der Waals surface area contributed by atoms with Crippen LogP contribution in [-0.2, 0) is 4.79 Å². The minimum absolute atomic E-state index is 0.0591. The second-order valence-corrected chi connectivity index (χ2v) is 7.16. The number of carboxylic acid groups (broad SMARTS) is 1. The summed E-state index contributed by atoms with van der Waals surface area (Å²) in [5, 5.41) is 18.8. The first kappa shape index (κ1) is 14.2. The van der Waals surface area contributed by atoms with Gasteiger partial charge in [-0.15, -0.1) is 0 Å². The highest BCUT2D eigenvalue weighted by molar-refractivity contribution is 7.99. The largest absolute Gasteiger partial charge is 0.481 e. The Hall–Kier alpha value is -0.220. The summed E-state index contributed by atoms with van der Waals surface area (Å²) in [4.78, 5) is 10.7. The SMILES string of the molecule is O=C(O)CC1(CSCC(O)CC2CCCC2)CC1. The average Bonchev–Trinajstić information content (AvgIpc) is 2.85. The number of rotatable bonds is 8. The van der Waals surface area contributed by atoms with Crippen molar-refractivity contribution in [2.45, 2.75) is 57.5 Å². The van der Waals surface area contributed by atoms with E-state index in [1.54, 1.807) is 11.8 Å². The van der Waals surface area contributed by atoms with Crippen LogP contribution in [0, 0.1) is 11.3 Å². The number of hydrogen-bond donors (Lipinski definition) is 2. The van der Waals surface area contributed by atoms with Gasteiger partial charge in [-0.3, -0.25) is 4.79 Å². The van der Waals surface area contributed by atoms with Gasteiger partial charge in [-0.05, 0) is 36.3 Å². The topological polar surface area (TPSA) is 57.5 Å². The Kier molecular flexibility index (Phi) is 4.96. The van der Waals surface area contributed by atoms with Crippen molar-refractivity contribution in [2.75, 3.05) is 11.5 Å². The van der Waals surface area contributed by atoms with E-state index in [0.29, 0.717) is 6.42 Å². The first-order valence-corrected chi connectivity index (χ1v) is 8.23. The zero-order valence-electron chi connectivity index (χ0n) is 10.9. The van der Waals surface area contributed by atoms with E-state index in [1.165, 1.54) is 25.7 Å². The van der Waals surface area contributed by atoms with Crippen molar-refractivity contribution in [3.05, 3.63) is 0 Å². The third-order valence-corrected chi connectivity index (χ3v) is 5.72. The van der Waals surface area contributed by atoms with Crippen molar-refractivity contribution >= 4 is 17.7 Å². The highest BCUT2D eigenvalue weighted by atomic mass is 32.2. The molecule has 0 aromatic carbocycles. The van der Waals surface area contributed by atoms with Crippen LogP contribution in [0.25, 0.3) is 0 Å². The number of carboxylic acids is 1. The van der Waals surface area contributed by atoms with E-state index in [1.807, 2.05) is 0 Å². The quantitative estimate of drug-likeness (QED) is 0.713. The number of aliphatic hydroxyl groups is 1. The molecule has 2 rings (SSSR count). The van der Waals surface area contributed by atoms with Gasteiger partial charge in [0.2, 0.25) is 0 Å². The molecule has 0 aromatic rings. The van der Waals surface area contributed by atoms with E-state index in [2.05, 4.69) is 0 Å². The normalized spacial score (nSPS) is 24.1. The van der Waals surface area contributed by atoms with Crippen LogP contribution in [0.1, 0.15) is 51.4 Å². The predicted molar refractivity (Wildman–Crippen MR) is 73.8 cm³/mol. The summed E-state index contributed by atoms with van der Waals surface area (Å²) in [5.41, 5.74) is 0.0591. The standard InChI is InChI=1S/C14H24O3S/c15-12(7-11-3-1-2-4-11)9-18-10-14(5-6-14)8-13(16)17/h11-12,15H,1-10H2,(H,16,17). The Bertz CT molecular complexity index is 283. The summed E-state index contributed by atoms with van der Waals surface area (Å²) in [7, 11) is 0. The van der Waals surface area contributed by atoms with E-state index in [-0.39, 0.29) is 11.5 Å². The lowest BCUT2D eigenvalue weighted by atomic mass is 10.0. The molecule has 2 fully saturated rings. The molecule has 1 atom stereocenters. The van der Waals surface area contributed by atoms with Gasteiger partial charge in [0.1, 0.15) is 0 Å². The molecule has 18 heavy (non-hydrogen) atoms. The number of aliphatic carboxylic acids is 1. The van der Waals surface area contributed by atoms with E-state index >= 15 is 0 Å². The van der Waals surface area contributed by atoms with Crippen molar-refractivity contribution in [1.29, 1.82) is 0 Å². The molecule has 104 valence electrons. The second-order valence-electron chi connectivity index (χ2n) is 6.13. The van der Waals surface area contributed by atoms with Crippen molar-refractivity contribution in [1.82, 2.24) is 0 Å². The molecule has 3 nitrogen and oxygen atoms in total. The van der Waals surface area contributed by atoms with Gasteiger partial charge >= 0.3 is 5.97 Å². The molecule has 4 heteroatoms. The number of carbonyl (C=O) groups is 1. The van der Waals surface area contributed by atoms with E-state index in [4.69, 9.17) is 5.11 Å². The lowest BCUT2D eigenvalue weighted by Crippen LogP contribution is -2.17. The highest BCUT2D eigenvalue weighted by Crippen LogP contribution is 2.51. The maximum absolute atomic E-state index is 10.7. The molecular formula is C14H24O3S. The molecule has 0 radical (unpaired) electrons. The summed E-state index contributed by atoms with van der Waals surface area (Å²) in [6.45, 7) is 0. The zero-order valence-corrected chi connectivity index (χ0v) is 11.8. The molecule has 0 aromatic heterocycles. The van der Waals surface area contributed by atoms with Crippen LogP contribution in [-0.4, -0.2) is 33.8 Å². The fourth-order valence-corrected chi connectivity index (χ4v) is 4.33. The van der Waals surface area contributed by atoms with Crippen molar-refractivity contribution in [3.8, 4) is 0 Å². The van der Waals surface area contributed by atoms with E-state index in [9.17, 15) is 9.90 Å². The summed E-state index contributed by atoms with van der Waals surface area (Å²) in [6.07, 6.45) is 8.36. The van der Waals surface area contributed by atoms with Gasteiger partial charge in [0.05, 0.1) is 12.5 Å². The van der Waals surface area contributed by atoms with Crippen LogP contribution < -0.4 is 0 Å². The van der Waals surface area contributed by atoms with Gasteiger partial charge in [-0.2, -0.15) is 11.8 Å². The first-order valence-electron chi connectivity index (χ1n) is 7.07. The van der Waals surface area contributed by atoms with Crippen LogP contribution in [0.2, 0.25) is 0 Å². The summed E-state index contributed by atoms with van der Waals surface area (Å²) in [6, 6.07) is 0. The van der Waals surface area contributed by atoms with Gasteiger partial charge in [-0.25, -0.2) is 0 Å². The van der Waals surface area contributed by atoms with Gasteiger partial charge in [0.15, 0.2) is 0 Å². The molecule has 0 heterocycles. The minimum atomic E-state index is -0.681. The predicted octanol–water partition coefficient (Wildman–Crippen LogP) is 2.92. The average molecular weight is 272 g/mol. The fraction of sp³-hybridized carbons (Fsp3) is 0.929. The lowest BCUT2D eigenvalue weighted by molar-refractivity contribution is -0.138. The monoisotopic (exact) mass is 272 g/mol. The summed E-state index contributed by atoms with van der Waals surface area (Å²) < 4.78 is 0. The third kappa shape index (κ3) is 4.47. The second kappa shape index (κ2) is 6.29. The Morgan fingerprint density at radius 3 is 2.56 bits per heavy atom. The Balaban J connectivity index is 1.58. The summed E-state index contributed by atoms with van der Waals surface area (Å²) >= 11 is 1.74. The minimum Gasteiger partial charge on any atom is -0.481 e. The Labute approximate surface area is 113 Å². The number of hydrogen-bond acceptors (Lipinski definition) is 3. The maximum atomic E-state index is 10.7. The molecule has 2 saturated carbocycles. The molecule has 0 bridgehead atoms. The van der Waals surface area contributed by atoms with Gasteiger partial charge in [0, 0.05) is 5.75 Å². The lowest BCUT2D eigenvalue weighted by Gasteiger charge is -2.17. The molecular weight excluding hydrogens is 248 g/mol. The zero-order chi connectivity index (χ0) is 13.0. The van der Waals surface area contributed by atoms with Gasteiger partial charge in [-0.1, -0.05) is 25.7 Å². The molecule has 0 saturated heterocycles. The molecule has 0 aliphatic heterocycles. The first-order chi connectivity index (χ1) is 8.60. The Morgan fingerprint density at radius 2 is 2.00 bits per heavy atom. The van der Waals surface area contributed by atoms with Crippen molar-refractivity contribution in [3.63, 3.8) is 0 Å². The molecule has 2 N–H and O–H groups in total. The highest BCUT2D eigenvalue weighted by Gasteiger charge is 2.44. The Morgan fingerprint density at radius 1 is 1.33 bits per heavy atom. The third-order valence-electron chi connectivity index (χ3n) is 4.28. The fourth-order valence-electron chi connectivity index (χ4n) is 2.98. The molecule has 0 amide bonds. The van der Waals surface area contributed by atoms with Crippen LogP contribution in [0.3, 0.4) is 0 Å². The maximum Gasteiger partial charge on any atom is 0.303 e. The van der Waals surface area contributed by atoms with E-state index < -0.39 is 5.97 Å². The molecule has 0 spiro atoms. The van der Waals surface area contributed by atoms with Crippen molar-refractivity contribution < 1.29 is 15.0 Å². The molecule has 2 aliphatic carbocycles. The van der Waals surface area contributed by atoms with Crippen molar-refractivity contribution in [2.24, 2.45) is 11.3 Å². The molecule has 2 aliphatic rings. The molecule has 1 unspecified atom stereocenters. The van der Waals surface area contributed by atoms with Gasteiger partial charge in [0.25, 0.3) is 0 Å². The van der Waals surface area contributed by atoms with Crippen LogP contribution in [0.5, 0.6) is 0 Å².